The van der Waals surface area contributed by atoms with E-state index in [1.165, 1.54) is 0 Å². The number of anilines is 1. The first-order chi connectivity index (χ1) is 9.29. The normalized spacial score (nSPS) is 11.2. The minimum absolute atomic E-state index is 0.654. The van der Waals surface area contributed by atoms with Crippen molar-refractivity contribution in [2.45, 2.75) is 11.6 Å². The molecule has 0 aliphatic rings. The van der Waals surface area contributed by atoms with Gasteiger partial charge in [-0.25, -0.2) is 4.98 Å². The van der Waals surface area contributed by atoms with E-state index >= 15 is 0 Å². The van der Waals surface area contributed by atoms with E-state index in [4.69, 9.17) is 19.6 Å². The lowest BCUT2D eigenvalue weighted by Crippen LogP contribution is -2.02. The van der Waals surface area contributed by atoms with Crippen molar-refractivity contribution >= 4 is 28.5 Å². The van der Waals surface area contributed by atoms with Gasteiger partial charge in [-0.3, -0.25) is 0 Å². The quantitative estimate of drug-likeness (QED) is 0.456. The van der Waals surface area contributed by atoms with Gasteiger partial charge in [-0.1, -0.05) is 11.8 Å². The van der Waals surface area contributed by atoms with Crippen molar-refractivity contribution in [3.8, 4) is 0 Å². The third kappa shape index (κ3) is 4.41. The zero-order valence-electron chi connectivity index (χ0n) is 10.9. The highest BCUT2D eigenvalue weighted by Gasteiger charge is 2.06. The van der Waals surface area contributed by atoms with Crippen LogP contribution in [0, 0.1) is 0 Å². The molecule has 0 fully saturated rings. The molecule has 2 aromatic rings. The maximum Gasteiger partial charge on any atom is 0.256 e. The summed E-state index contributed by atoms with van der Waals surface area (Å²) in [6, 6.07) is 5.45. The molecule has 19 heavy (non-hydrogen) atoms. The van der Waals surface area contributed by atoms with E-state index in [0.717, 1.165) is 36.5 Å². The number of rotatable bonds is 8. The first kappa shape index (κ1) is 14.2. The Morgan fingerprint density at radius 1 is 1.32 bits per heavy atom. The average molecular weight is 282 g/mol. The van der Waals surface area contributed by atoms with Crippen LogP contribution < -0.4 is 5.73 Å². The van der Waals surface area contributed by atoms with E-state index < -0.39 is 0 Å². The van der Waals surface area contributed by atoms with Gasteiger partial charge in [0.25, 0.3) is 5.22 Å². The van der Waals surface area contributed by atoms with Crippen LogP contribution in [-0.4, -0.2) is 37.7 Å². The number of methoxy groups -OCH3 is 1. The number of ether oxygens (including phenoxy) is 2. The van der Waals surface area contributed by atoms with Crippen LogP contribution in [0.2, 0.25) is 0 Å². The van der Waals surface area contributed by atoms with Crippen LogP contribution in [0.1, 0.15) is 6.42 Å². The molecule has 0 saturated carbocycles. The first-order valence-corrected chi connectivity index (χ1v) is 7.13. The Labute approximate surface area is 116 Å². The molecule has 0 spiro atoms. The van der Waals surface area contributed by atoms with Crippen LogP contribution in [-0.2, 0) is 9.47 Å². The molecule has 0 unspecified atom stereocenters. The molecule has 2 N–H and O–H groups in total. The van der Waals surface area contributed by atoms with Crippen molar-refractivity contribution in [1.29, 1.82) is 0 Å². The van der Waals surface area contributed by atoms with Gasteiger partial charge >= 0.3 is 0 Å². The van der Waals surface area contributed by atoms with Crippen LogP contribution >= 0.6 is 11.8 Å². The van der Waals surface area contributed by atoms with Gasteiger partial charge in [-0.05, 0) is 24.6 Å². The predicted molar refractivity (Wildman–Crippen MR) is 76.5 cm³/mol. The van der Waals surface area contributed by atoms with Gasteiger partial charge in [-0.15, -0.1) is 0 Å². The summed E-state index contributed by atoms with van der Waals surface area (Å²) in [5.41, 5.74) is 7.94. The van der Waals surface area contributed by atoms with Gasteiger partial charge in [0.05, 0.1) is 6.61 Å². The molecular formula is C13H18N2O3S. The minimum atomic E-state index is 0.654. The number of fused-ring (bicyclic) bond motifs is 1. The van der Waals surface area contributed by atoms with Gasteiger partial charge < -0.3 is 19.6 Å². The molecule has 0 saturated heterocycles. The highest BCUT2D eigenvalue weighted by Crippen LogP contribution is 2.24. The molecule has 0 aliphatic heterocycles. The van der Waals surface area contributed by atoms with Crippen LogP contribution in [0.5, 0.6) is 0 Å². The van der Waals surface area contributed by atoms with Crippen molar-refractivity contribution in [2.24, 2.45) is 0 Å². The van der Waals surface area contributed by atoms with E-state index in [0.29, 0.717) is 17.5 Å². The fourth-order valence-electron chi connectivity index (χ4n) is 1.58. The maximum absolute atomic E-state index is 5.69. The number of benzene rings is 1. The summed E-state index contributed by atoms with van der Waals surface area (Å²) in [5.74, 6) is 0.815. The number of oxazole rings is 1. The molecule has 104 valence electrons. The Kier molecular flexibility index (Phi) is 5.50. The van der Waals surface area contributed by atoms with E-state index in [9.17, 15) is 0 Å². The molecule has 0 aliphatic carbocycles. The lowest BCUT2D eigenvalue weighted by atomic mass is 10.3. The summed E-state index contributed by atoms with van der Waals surface area (Å²) in [4.78, 5) is 4.36. The summed E-state index contributed by atoms with van der Waals surface area (Å²) in [6.45, 7) is 2.13. The van der Waals surface area contributed by atoms with E-state index in [1.807, 2.05) is 12.1 Å². The number of thioether (sulfide) groups is 1. The molecule has 0 bridgehead atoms. The number of hydrogen-bond donors (Lipinski definition) is 1. The Bertz CT molecular complexity index is 516. The number of aromatic nitrogens is 1. The zero-order chi connectivity index (χ0) is 13.5. The summed E-state index contributed by atoms with van der Waals surface area (Å²) < 4.78 is 16.0. The van der Waals surface area contributed by atoms with Crippen LogP contribution in [0.4, 0.5) is 5.69 Å². The molecule has 0 radical (unpaired) electrons. The summed E-state index contributed by atoms with van der Waals surface area (Å²) in [6.07, 6.45) is 0.920. The Morgan fingerprint density at radius 3 is 3.05 bits per heavy atom. The smallest absolute Gasteiger partial charge is 0.256 e. The molecule has 1 heterocycles. The third-order valence-electron chi connectivity index (χ3n) is 2.48. The molecule has 1 aromatic carbocycles. The van der Waals surface area contributed by atoms with Gasteiger partial charge in [0.15, 0.2) is 5.58 Å². The monoisotopic (exact) mass is 282 g/mol. The fourth-order valence-corrected chi connectivity index (χ4v) is 2.27. The van der Waals surface area contributed by atoms with E-state index in [1.54, 1.807) is 24.9 Å². The molecule has 2 rings (SSSR count). The highest BCUT2D eigenvalue weighted by atomic mass is 32.2. The SMILES string of the molecule is COCCCOCCSc1nc2cc(N)ccc2o1. The summed E-state index contributed by atoms with van der Waals surface area (Å²) in [5, 5.41) is 0.654. The second kappa shape index (κ2) is 7.37. The second-order valence-electron chi connectivity index (χ2n) is 4.01. The maximum atomic E-state index is 5.69. The van der Waals surface area contributed by atoms with E-state index in [2.05, 4.69) is 4.98 Å². The molecular weight excluding hydrogens is 264 g/mol. The number of nitrogens with zero attached hydrogens (tertiary/aromatic N) is 1. The zero-order valence-corrected chi connectivity index (χ0v) is 11.7. The lowest BCUT2D eigenvalue weighted by molar-refractivity contribution is 0.113. The van der Waals surface area contributed by atoms with Gasteiger partial charge in [0.2, 0.25) is 0 Å². The minimum Gasteiger partial charge on any atom is -0.431 e. The van der Waals surface area contributed by atoms with Crippen LogP contribution in [0.15, 0.2) is 27.8 Å². The van der Waals surface area contributed by atoms with Crippen molar-refractivity contribution in [2.75, 3.05) is 38.4 Å². The van der Waals surface area contributed by atoms with E-state index in [-0.39, 0.29) is 0 Å². The van der Waals surface area contributed by atoms with Crippen molar-refractivity contribution in [3.63, 3.8) is 0 Å². The molecule has 0 atom stereocenters. The summed E-state index contributed by atoms with van der Waals surface area (Å²) in [7, 11) is 1.69. The van der Waals surface area contributed by atoms with Crippen LogP contribution in [0.25, 0.3) is 11.1 Å². The topological polar surface area (TPSA) is 70.5 Å². The lowest BCUT2D eigenvalue weighted by Gasteiger charge is -2.01. The van der Waals surface area contributed by atoms with Crippen LogP contribution in [0.3, 0.4) is 0 Å². The van der Waals surface area contributed by atoms with Crippen molar-refractivity contribution in [3.05, 3.63) is 18.2 Å². The predicted octanol–water partition coefficient (Wildman–Crippen LogP) is 2.56. The highest BCUT2D eigenvalue weighted by molar-refractivity contribution is 7.99. The first-order valence-electron chi connectivity index (χ1n) is 6.15. The Morgan fingerprint density at radius 2 is 2.21 bits per heavy atom. The largest absolute Gasteiger partial charge is 0.431 e. The Hall–Kier alpha value is -1.24. The van der Waals surface area contributed by atoms with Gasteiger partial charge in [0.1, 0.15) is 5.52 Å². The molecule has 6 heteroatoms. The average Bonchev–Trinajstić information content (AvgIpc) is 2.79. The third-order valence-corrected chi connectivity index (χ3v) is 3.27. The second-order valence-corrected chi connectivity index (χ2v) is 5.06. The standard InChI is InChI=1S/C13H18N2O3S/c1-16-5-2-6-17-7-8-19-13-15-11-9-10(14)3-4-12(11)18-13/h3-4,9H,2,5-8,14H2,1H3. The number of hydrogen-bond acceptors (Lipinski definition) is 6. The fraction of sp³-hybridized carbons (Fsp3) is 0.462. The number of nitrogen functional groups attached to an aromatic ring is 1. The van der Waals surface area contributed by atoms with Gasteiger partial charge in [0, 0.05) is 31.8 Å². The molecule has 0 amide bonds. The number of nitrogens with two attached hydrogens (primary N) is 1. The molecule has 1 aromatic heterocycles. The molecule has 5 nitrogen and oxygen atoms in total. The Balaban J connectivity index is 1.72. The van der Waals surface area contributed by atoms with Gasteiger partial charge in [-0.2, -0.15) is 0 Å². The van der Waals surface area contributed by atoms with Crippen molar-refractivity contribution in [1.82, 2.24) is 4.98 Å². The summed E-state index contributed by atoms with van der Waals surface area (Å²) >= 11 is 1.54. The van der Waals surface area contributed by atoms with Crippen molar-refractivity contribution < 1.29 is 13.9 Å².